The van der Waals surface area contributed by atoms with Crippen LogP contribution in [-0.4, -0.2) is 17.7 Å². The van der Waals surface area contributed by atoms with E-state index in [-0.39, 0.29) is 17.7 Å². The molecule has 0 radical (unpaired) electrons. The Bertz CT molecular complexity index is 599. The lowest BCUT2D eigenvalue weighted by Gasteiger charge is -2.17. The average molecular weight is 256 g/mol. The highest BCUT2D eigenvalue weighted by Crippen LogP contribution is 2.26. The molecular formula is C14H12N2O3. The van der Waals surface area contributed by atoms with Crippen molar-refractivity contribution in [2.24, 2.45) is 0 Å². The van der Waals surface area contributed by atoms with E-state index >= 15 is 0 Å². The smallest absolute Gasteiger partial charge is 0.258 e. The Morgan fingerprint density at radius 3 is 2.42 bits per heavy atom. The summed E-state index contributed by atoms with van der Waals surface area (Å²) in [4.78, 5) is 35.4. The number of amides is 3. The van der Waals surface area contributed by atoms with Gasteiger partial charge in [0, 0.05) is 17.8 Å². The maximum Gasteiger partial charge on any atom is 0.258 e. The SMILES string of the molecule is C=CC(=O)Nc1ccc(N2C(=O)C=CC2=O)c(C)c1. The minimum Gasteiger partial charge on any atom is -0.323 e. The molecule has 1 heterocycles. The molecule has 1 aliphatic heterocycles. The Kier molecular flexibility index (Phi) is 3.29. The molecule has 0 saturated carbocycles. The van der Waals surface area contributed by atoms with Crippen LogP contribution in [0.15, 0.2) is 43.0 Å². The first-order valence-electron chi connectivity index (χ1n) is 5.63. The van der Waals surface area contributed by atoms with E-state index in [0.29, 0.717) is 16.9 Å². The van der Waals surface area contributed by atoms with Crippen molar-refractivity contribution in [1.82, 2.24) is 0 Å². The highest BCUT2D eigenvalue weighted by atomic mass is 16.2. The normalized spacial score (nSPS) is 13.8. The molecule has 1 aliphatic rings. The quantitative estimate of drug-likeness (QED) is 0.659. The molecule has 0 atom stereocenters. The summed E-state index contributed by atoms with van der Waals surface area (Å²) in [7, 11) is 0. The van der Waals surface area contributed by atoms with Gasteiger partial charge in [-0.3, -0.25) is 14.4 Å². The number of rotatable bonds is 3. The summed E-state index contributed by atoms with van der Waals surface area (Å²) in [6.07, 6.45) is 3.63. The van der Waals surface area contributed by atoms with E-state index < -0.39 is 0 Å². The van der Waals surface area contributed by atoms with Crippen molar-refractivity contribution < 1.29 is 14.4 Å². The third kappa shape index (κ3) is 2.44. The Hall–Kier alpha value is -2.69. The lowest BCUT2D eigenvalue weighted by Crippen LogP contribution is -2.30. The van der Waals surface area contributed by atoms with E-state index in [2.05, 4.69) is 11.9 Å². The fourth-order valence-electron chi connectivity index (χ4n) is 1.82. The molecule has 0 unspecified atom stereocenters. The number of carbonyl (C=O) groups is 3. The van der Waals surface area contributed by atoms with Gasteiger partial charge in [0.2, 0.25) is 5.91 Å². The summed E-state index contributed by atoms with van der Waals surface area (Å²) in [5, 5.41) is 2.61. The Labute approximate surface area is 110 Å². The van der Waals surface area contributed by atoms with Gasteiger partial charge in [0.05, 0.1) is 5.69 Å². The number of aryl methyl sites for hydroxylation is 1. The molecule has 0 aliphatic carbocycles. The van der Waals surface area contributed by atoms with Crippen molar-refractivity contribution >= 4 is 29.1 Å². The molecule has 0 bridgehead atoms. The summed E-state index contributed by atoms with van der Waals surface area (Å²) in [5.74, 6) is -1.05. The zero-order valence-corrected chi connectivity index (χ0v) is 10.3. The Morgan fingerprint density at radius 2 is 1.89 bits per heavy atom. The minimum absolute atomic E-state index is 0.317. The molecule has 5 nitrogen and oxygen atoms in total. The first-order valence-corrected chi connectivity index (χ1v) is 5.63. The number of benzene rings is 1. The summed E-state index contributed by atoms with van der Waals surface area (Å²) in [5.41, 5.74) is 1.81. The van der Waals surface area contributed by atoms with Crippen LogP contribution in [0.1, 0.15) is 5.56 Å². The van der Waals surface area contributed by atoms with Crippen LogP contribution in [0.4, 0.5) is 11.4 Å². The van der Waals surface area contributed by atoms with Gasteiger partial charge in [0.1, 0.15) is 0 Å². The number of hydrogen-bond donors (Lipinski definition) is 1. The molecule has 1 aromatic rings. The van der Waals surface area contributed by atoms with Crippen LogP contribution in [-0.2, 0) is 14.4 Å². The largest absolute Gasteiger partial charge is 0.323 e. The van der Waals surface area contributed by atoms with Gasteiger partial charge in [0.25, 0.3) is 11.8 Å². The van der Waals surface area contributed by atoms with E-state index in [1.165, 1.54) is 18.2 Å². The Balaban J connectivity index is 2.30. The zero-order valence-electron chi connectivity index (χ0n) is 10.3. The van der Waals surface area contributed by atoms with Crippen LogP contribution in [0.3, 0.4) is 0 Å². The van der Waals surface area contributed by atoms with E-state index in [1.54, 1.807) is 25.1 Å². The summed E-state index contributed by atoms with van der Waals surface area (Å²) in [6.45, 7) is 5.12. The van der Waals surface area contributed by atoms with Gasteiger partial charge in [-0.25, -0.2) is 4.90 Å². The molecule has 0 spiro atoms. The molecular weight excluding hydrogens is 244 g/mol. The van der Waals surface area contributed by atoms with Crippen LogP contribution in [0.25, 0.3) is 0 Å². The fourth-order valence-corrected chi connectivity index (χ4v) is 1.82. The highest BCUT2D eigenvalue weighted by molar-refractivity contribution is 6.28. The molecule has 3 amide bonds. The predicted molar refractivity (Wildman–Crippen MR) is 71.6 cm³/mol. The van der Waals surface area contributed by atoms with Crippen molar-refractivity contribution in [3.8, 4) is 0 Å². The molecule has 0 aromatic heterocycles. The maximum atomic E-state index is 11.6. The molecule has 0 saturated heterocycles. The van der Waals surface area contributed by atoms with Gasteiger partial charge in [-0.2, -0.15) is 0 Å². The molecule has 2 rings (SSSR count). The van der Waals surface area contributed by atoms with Gasteiger partial charge in [0.15, 0.2) is 0 Å². The van der Waals surface area contributed by atoms with Gasteiger partial charge < -0.3 is 5.32 Å². The maximum absolute atomic E-state index is 11.6. The van der Waals surface area contributed by atoms with Gasteiger partial charge in [-0.1, -0.05) is 6.58 Å². The number of carbonyl (C=O) groups excluding carboxylic acids is 3. The Morgan fingerprint density at radius 1 is 1.26 bits per heavy atom. The number of hydrogen-bond acceptors (Lipinski definition) is 3. The van der Waals surface area contributed by atoms with Gasteiger partial charge in [-0.05, 0) is 36.8 Å². The van der Waals surface area contributed by atoms with Gasteiger partial charge in [-0.15, -0.1) is 0 Å². The lowest BCUT2D eigenvalue weighted by molar-refractivity contribution is -0.120. The molecule has 96 valence electrons. The van der Waals surface area contributed by atoms with E-state index in [0.717, 1.165) is 4.90 Å². The summed E-state index contributed by atoms with van der Waals surface area (Å²) >= 11 is 0. The van der Waals surface area contributed by atoms with Crippen molar-refractivity contribution in [3.63, 3.8) is 0 Å². The van der Waals surface area contributed by atoms with Crippen molar-refractivity contribution in [2.45, 2.75) is 6.92 Å². The summed E-state index contributed by atoms with van der Waals surface area (Å²) in [6, 6.07) is 4.94. The monoisotopic (exact) mass is 256 g/mol. The summed E-state index contributed by atoms with van der Waals surface area (Å²) < 4.78 is 0. The number of imide groups is 1. The van der Waals surface area contributed by atoms with Crippen LogP contribution in [0.2, 0.25) is 0 Å². The zero-order chi connectivity index (χ0) is 14.0. The minimum atomic E-state index is -0.365. The first-order chi connectivity index (χ1) is 9.02. The van der Waals surface area contributed by atoms with Crippen LogP contribution < -0.4 is 10.2 Å². The molecule has 5 heteroatoms. The lowest BCUT2D eigenvalue weighted by atomic mass is 10.1. The van der Waals surface area contributed by atoms with Crippen LogP contribution in [0, 0.1) is 6.92 Å². The van der Waals surface area contributed by atoms with Crippen molar-refractivity contribution in [3.05, 3.63) is 48.6 Å². The fraction of sp³-hybridized carbons (Fsp3) is 0.0714. The third-order valence-corrected chi connectivity index (χ3v) is 2.70. The third-order valence-electron chi connectivity index (χ3n) is 2.70. The standard InChI is InChI=1S/C14H12N2O3/c1-3-12(17)15-10-4-5-11(9(2)8-10)16-13(18)6-7-14(16)19/h3-8H,1H2,2H3,(H,15,17). The highest BCUT2D eigenvalue weighted by Gasteiger charge is 2.26. The number of nitrogens with zero attached hydrogens (tertiary/aromatic N) is 1. The molecule has 19 heavy (non-hydrogen) atoms. The average Bonchev–Trinajstić information content (AvgIpc) is 2.70. The van der Waals surface area contributed by atoms with E-state index in [1.807, 2.05) is 0 Å². The van der Waals surface area contributed by atoms with Crippen molar-refractivity contribution in [1.29, 1.82) is 0 Å². The molecule has 1 aromatic carbocycles. The van der Waals surface area contributed by atoms with E-state index in [9.17, 15) is 14.4 Å². The van der Waals surface area contributed by atoms with E-state index in [4.69, 9.17) is 0 Å². The molecule has 1 N–H and O–H groups in total. The van der Waals surface area contributed by atoms with Crippen LogP contribution in [0.5, 0.6) is 0 Å². The first kappa shape index (κ1) is 12.8. The van der Waals surface area contributed by atoms with Gasteiger partial charge >= 0.3 is 0 Å². The second-order valence-corrected chi connectivity index (χ2v) is 4.04. The number of anilines is 2. The predicted octanol–water partition coefficient (Wildman–Crippen LogP) is 1.55. The second-order valence-electron chi connectivity index (χ2n) is 4.04. The van der Waals surface area contributed by atoms with Crippen LogP contribution >= 0.6 is 0 Å². The topological polar surface area (TPSA) is 66.5 Å². The van der Waals surface area contributed by atoms with Crippen molar-refractivity contribution in [2.75, 3.05) is 10.2 Å². The second kappa shape index (κ2) is 4.89. The molecule has 0 fully saturated rings. The number of nitrogens with one attached hydrogen (secondary N) is 1.